The van der Waals surface area contributed by atoms with Crippen LogP contribution in [0.3, 0.4) is 0 Å². The molecule has 0 saturated carbocycles. The molecule has 1 amide bonds. The summed E-state index contributed by atoms with van der Waals surface area (Å²) >= 11 is 0. The predicted octanol–water partition coefficient (Wildman–Crippen LogP) is 1.35. The molecule has 0 bridgehead atoms. The monoisotopic (exact) mass is 243 g/mol. The first kappa shape index (κ1) is 11.3. The fourth-order valence-corrected chi connectivity index (χ4v) is 2.67. The Kier molecular flexibility index (Phi) is 2.80. The molecule has 1 aliphatic carbocycles. The van der Waals surface area contributed by atoms with E-state index in [1.807, 2.05) is 18.2 Å². The number of hydrogen-bond acceptors (Lipinski definition) is 2. The van der Waals surface area contributed by atoms with E-state index in [1.54, 1.807) is 0 Å². The number of nitrogens with one attached hydrogen (secondary N) is 2. The van der Waals surface area contributed by atoms with Crippen molar-refractivity contribution in [2.75, 3.05) is 13.1 Å². The number of carbonyl (C=O) groups excluding carboxylic acids is 1. The highest BCUT2D eigenvalue weighted by Gasteiger charge is 2.17. The van der Waals surface area contributed by atoms with Crippen molar-refractivity contribution in [3.05, 3.63) is 35.0 Å². The summed E-state index contributed by atoms with van der Waals surface area (Å²) in [7, 11) is 0. The molecule has 1 heterocycles. The molecule has 1 aromatic heterocycles. The molecular formula is C14H17N3O. The Morgan fingerprint density at radius 3 is 3.11 bits per heavy atom. The van der Waals surface area contributed by atoms with Gasteiger partial charge in [0.15, 0.2) is 0 Å². The zero-order valence-corrected chi connectivity index (χ0v) is 10.3. The minimum Gasteiger partial charge on any atom is -0.358 e. The number of aryl methyl sites for hydroxylation is 2. The topological polar surface area (TPSA) is 70.9 Å². The Balaban J connectivity index is 1.97. The van der Waals surface area contributed by atoms with Gasteiger partial charge in [0.1, 0.15) is 0 Å². The Morgan fingerprint density at radius 1 is 1.39 bits per heavy atom. The van der Waals surface area contributed by atoms with E-state index in [0.717, 1.165) is 18.4 Å². The largest absolute Gasteiger partial charge is 0.358 e. The molecular weight excluding hydrogens is 226 g/mol. The number of benzene rings is 1. The van der Waals surface area contributed by atoms with Gasteiger partial charge in [0.05, 0.1) is 0 Å². The van der Waals surface area contributed by atoms with Gasteiger partial charge >= 0.3 is 0 Å². The number of H-pyrrole nitrogens is 1. The summed E-state index contributed by atoms with van der Waals surface area (Å²) in [5.74, 6) is -0.0460. The van der Waals surface area contributed by atoms with E-state index in [9.17, 15) is 4.79 Å². The lowest BCUT2D eigenvalue weighted by molar-refractivity contribution is 0.0955. The van der Waals surface area contributed by atoms with Crippen LogP contribution in [-0.4, -0.2) is 24.0 Å². The van der Waals surface area contributed by atoms with Gasteiger partial charge in [-0.2, -0.15) is 0 Å². The van der Waals surface area contributed by atoms with Crippen molar-refractivity contribution in [3.8, 4) is 0 Å². The molecule has 18 heavy (non-hydrogen) atoms. The van der Waals surface area contributed by atoms with Gasteiger partial charge in [0.2, 0.25) is 0 Å². The number of rotatable bonds is 3. The molecule has 3 rings (SSSR count). The summed E-state index contributed by atoms with van der Waals surface area (Å²) in [5.41, 5.74) is 9.95. The summed E-state index contributed by atoms with van der Waals surface area (Å²) < 4.78 is 0. The zero-order chi connectivity index (χ0) is 12.5. The molecule has 1 aliphatic rings. The molecule has 2 aromatic rings. The smallest absolute Gasteiger partial charge is 0.251 e. The van der Waals surface area contributed by atoms with Gasteiger partial charge in [-0.3, -0.25) is 4.79 Å². The van der Waals surface area contributed by atoms with Gasteiger partial charge in [-0.05, 0) is 43.0 Å². The lowest BCUT2D eigenvalue weighted by Gasteiger charge is -2.04. The summed E-state index contributed by atoms with van der Waals surface area (Å²) in [5, 5.41) is 4.00. The van der Waals surface area contributed by atoms with Crippen molar-refractivity contribution in [2.24, 2.45) is 5.73 Å². The van der Waals surface area contributed by atoms with Crippen molar-refractivity contribution >= 4 is 16.8 Å². The highest BCUT2D eigenvalue weighted by Crippen LogP contribution is 2.30. The van der Waals surface area contributed by atoms with Crippen molar-refractivity contribution < 1.29 is 4.79 Å². The third-order valence-corrected chi connectivity index (χ3v) is 3.54. The van der Waals surface area contributed by atoms with Crippen LogP contribution < -0.4 is 11.1 Å². The summed E-state index contributed by atoms with van der Waals surface area (Å²) in [4.78, 5) is 15.3. The fourth-order valence-electron chi connectivity index (χ4n) is 2.67. The van der Waals surface area contributed by atoms with Crippen LogP contribution in [0.4, 0.5) is 0 Å². The van der Waals surface area contributed by atoms with Gasteiger partial charge in [0.25, 0.3) is 5.91 Å². The van der Waals surface area contributed by atoms with E-state index < -0.39 is 0 Å². The predicted molar refractivity (Wildman–Crippen MR) is 71.7 cm³/mol. The van der Waals surface area contributed by atoms with Crippen LogP contribution >= 0.6 is 0 Å². The average Bonchev–Trinajstić information content (AvgIpc) is 2.95. The molecule has 0 spiro atoms. The first-order valence-corrected chi connectivity index (χ1v) is 6.41. The summed E-state index contributed by atoms with van der Waals surface area (Å²) in [6.07, 6.45) is 3.45. The number of carbonyl (C=O) groups is 1. The second-order valence-electron chi connectivity index (χ2n) is 4.74. The Morgan fingerprint density at radius 2 is 2.28 bits per heavy atom. The number of fused-ring (bicyclic) bond motifs is 3. The normalized spacial score (nSPS) is 13.8. The minimum atomic E-state index is -0.0460. The maximum Gasteiger partial charge on any atom is 0.251 e. The highest BCUT2D eigenvalue weighted by atomic mass is 16.1. The molecule has 0 atom stereocenters. The van der Waals surface area contributed by atoms with E-state index in [-0.39, 0.29) is 5.91 Å². The quantitative estimate of drug-likeness (QED) is 0.761. The van der Waals surface area contributed by atoms with Crippen LogP contribution in [0.2, 0.25) is 0 Å². The molecule has 0 aliphatic heterocycles. The summed E-state index contributed by atoms with van der Waals surface area (Å²) in [6, 6.07) is 5.84. The van der Waals surface area contributed by atoms with Crippen LogP contribution in [0.5, 0.6) is 0 Å². The Hall–Kier alpha value is -1.81. The molecule has 4 heteroatoms. The van der Waals surface area contributed by atoms with E-state index in [0.29, 0.717) is 18.7 Å². The van der Waals surface area contributed by atoms with Gasteiger partial charge in [-0.15, -0.1) is 0 Å². The molecule has 4 N–H and O–H groups in total. The summed E-state index contributed by atoms with van der Waals surface area (Å²) in [6.45, 7) is 0.982. The molecule has 4 nitrogen and oxygen atoms in total. The van der Waals surface area contributed by atoms with Crippen LogP contribution in [0.1, 0.15) is 28.0 Å². The van der Waals surface area contributed by atoms with E-state index in [1.165, 1.54) is 23.1 Å². The second-order valence-corrected chi connectivity index (χ2v) is 4.74. The number of aromatic amines is 1. The number of aromatic nitrogens is 1. The maximum atomic E-state index is 11.9. The second kappa shape index (κ2) is 4.46. The van der Waals surface area contributed by atoms with Gasteiger partial charge in [-0.1, -0.05) is 0 Å². The van der Waals surface area contributed by atoms with E-state index in [2.05, 4.69) is 10.3 Å². The average molecular weight is 243 g/mol. The van der Waals surface area contributed by atoms with Crippen LogP contribution in [-0.2, 0) is 12.8 Å². The molecule has 1 aromatic carbocycles. The van der Waals surface area contributed by atoms with Gasteiger partial charge in [0, 0.05) is 35.2 Å². The lowest BCUT2D eigenvalue weighted by atomic mass is 10.1. The Labute approximate surface area is 106 Å². The minimum absolute atomic E-state index is 0.0460. The molecule has 94 valence electrons. The third kappa shape index (κ3) is 1.78. The zero-order valence-electron chi connectivity index (χ0n) is 10.3. The molecule has 0 saturated heterocycles. The van der Waals surface area contributed by atoms with Gasteiger partial charge in [-0.25, -0.2) is 0 Å². The number of hydrogen-bond donors (Lipinski definition) is 3. The van der Waals surface area contributed by atoms with Crippen molar-refractivity contribution in [3.63, 3.8) is 0 Å². The molecule has 0 fully saturated rings. The lowest BCUT2D eigenvalue weighted by Crippen LogP contribution is -2.28. The molecule has 0 radical (unpaired) electrons. The highest BCUT2D eigenvalue weighted by molar-refractivity contribution is 5.99. The maximum absolute atomic E-state index is 11.9. The third-order valence-electron chi connectivity index (χ3n) is 3.54. The number of amides is 1. The SMILES string of the molecule is NCCNC(=O)c1ccc2[nH]c3c(c2c1)CCC3. The fraction of sp³-hybridized carbons (Fsp3) is 0.357. The standard InChI is InChI=1S/C14H17N3O/c15-6-7-16-14(18)9-4-5-13-11(8-9)10-2-1-3-12(10)17-13/h4-5,8,17H,1-3,6-7,15H2,(H,16,18). The van der Waals surface area contributed by atoms with Crippen molar-refractivity contribution in [1.82, 2.24) is 10.3 Å². The first-order chi connectivity index (χ1) is 8.79. The van der Waals surface area contributed by atoms with Crippen LogP contribution in [0.25, 0.3) is 10.9 Å². The van der Waals surface area contributed by atoms with E-state index in [4.69, 9.17) is 5.73 Å². The molecule has 0 unspecified atom stereocenters. The van der Waals surface area contributed by atoms with Crippen LogP contribution in [0.15, 0.2) is 18.2 Å². The van der Waals surface area contributed by atoms with Crippen molar-refractivity contribution in [2.45, 2.75) is 19.3 Å². The van der Waals surface area contributed by atoms with E-state index >= 15 is 0 Å². The van der Waals surface area contributed by atoms with Crippen LogP contribution in [0, 0.1) is 0 Å². The van der Waals surface area contributed by atoms with Crippen molar-refractivity contribution in [1.29, 1.82) is 0 Å². The van der Waals surface area contributed by atoms with Gasteiger partial charge < -0.3 is 16.0 Å². The number of nitrogens with two attached hydrogens (primary N) is 1. The Bertz CT molecular complexity index is 600. The first-order valence-electron chi connectivity index (χ1n) is 6.41.